The van der Waals surface area contributed by atoms with E-state index < -0.39 is 53.8 Å². The maximum absolute atomic E-state index is 13.7. The standard InChI is InChI=1S/C12H6F4N2O4/c13-7-4(2-19)1-5-9(8(7)14)22-17-11(5)18-6(10(15)16)3-21-12(18)20/h1-2,6,10H,3H2. The summed E-state index contributed by atoms with van der Waals surface area (Å²) in [5.74, 6) is -3.43. The molecule has 22 heavy (non-hydrogen) atoms. The van der Waals surface area contributed by atoms with Crippen molar-refractivity contribution in [3.63, 3.8) is 0 Å². The zero-order valence-electron chi connectivity index (χ0n) is 10.6. The molecule has 2 aromatic rings. The Morgan fingerprint density at radius 3 is 2.73 bits per heavy atom. The van der Waals surface area contributed by atoms with E-state index in [4.69, 9.17) is 0 Å². The molecule has 3 rings (SSSR count). The van der Waals surface area contributed by atoms with Gasteiger partial charge in [0, 0.05) is 0 Å². The van der Waals surface area contributed by atoms with Crippen LogP contribution in [-0.4, -0.2) is 36.6 Å². The van der Waals surface area contributed by atoms with Crippen LogP contribution in [0.4, 0.5) is 28.2 Å². The van der Waals surface area contributed by atoms with Crippen LogP contribution in [0.1, 0.15) is 10.4 Å². The molecule has 1 aliphatic heterocycles. The van der Waals surface area contributed by atoms with Crippen LogP contribution in [-0.2, 0) is 4.74 Å². The Balaban J connectivity index is 2.21. The third-order valence-corrected chi connectivity index (χ3v) is 3.21. The average Bonchev–Trinajstić information content (AvgIpc) is 3.05. The van der Waals surface area contributed by atoms with Crippen molar-refractivity contribution in [2.24, 2.45) is 0 Å². The molecular weight excluding hydrogens is 312 g/mol. The van der Waals surface area contributed by atoms with Gasteiger partial charge in [0.15, 0.2) is 17.9 Å². The van der Waals surface area contributed by atoms with Gasteiger partial charge in [-0.05, 0) is 6.07 Å². The molecule has 116 valence electrons. The maximum Gasteiger partial charge on any atom is 0.416 e. The Bertz CT molecular complexity index is 776. The molecule has 1 saturated heterocycles. The molecule has 1 aromatic carbocycles. The predicted molar refractivity (Wildman–Crippen MR) is 62.9 cm³/mol. The van der Waals surface area contributed by atoms with Gasteiger partial charge in [-0.25, -0.2) is 22.9 Å². The molecule has 1 atom stereocenters. The largest absolute Gasteiger partial charge is 0.447 e. The average molecular weight is 318 g/mol. The SMILES string of the molecule is O=Cc1cc2c(N3C(=O)OCC3C(F)F)noc2c(F)c1F. The smallest absolute Gasteiger partial charge is 0.416 e. The molecule has 1 aromatic heterocycles. The van der Waals surface area contributed by atoms with Gasteiger partial charge < -0.3 is 9.26 Å². The van der Waals surface area contributed by atoms with Gasteiger partial charge in [-0.2, -0.15) is 4.39 Å². The summed E-state index contributed by atoms with van der Waals surface area (Å²) in [5.41, 5.74) is -1.35. The second-order valence-electron chi connectivity index (χ2n) is 4.44. The quantitative estimate of drug-likeness (QED) is 0.642. The summed E-state index contributed by atoms with van der Waals surface area (Å²) in [4.78, 5) is 22.8. The molecule has 10 heteroatoms. The predicted octanol–water partition coefficient (Wildman–Crippen LogP) is 2.51. The fourth-order valence-corrected chi connectivity index (χ4v) is 2.15. The van der Waals surface area contributed by atoms with E-state index in [2.05, 4.69) is 14.4 Å². The zero-order valence-corrected chi connectivity index (χ0v) is 10.6. The number of ether oxygens (including phenoxy) is 1. The van der Waals surface area contributed by atoms with E-state index in [-0.39, 0.29) is 11.7 Å². The lowest BCUT2D eigenvalue weighted by atomic mass is 10.1. The third-order valence-electron chi connectivity index (χ3n) is 3.21. The second kappa shape index (κ2) is 4.97. The number of alkyl halides is 2. The molecule has 1 fully saturated rings. The highest BCUT2D eigenvalue weighted by Gasteiger charge is 2.43. The van der Waals surface area contributed by atoms with E-state index in [1.807, 2.05) is 0 Å². The molecule has 0 spiro atoms. The fraction of sp³-hybridized carbons (Fsp3) is 0.250. The van der Waals surface area contributed by atoms with E-state index in [0.29, 0.717) is 4.90 Å². The lowest BCUT2D eigenvalue weighted by Crippen LogP contribution is -2.39. The van der Waals surface area contributed by atoms with E-state index in [0.717, 1.165) is 6.07 Å². The summed E-state index contributed by atoms with van der Waals surface area (Å²) < 4.78 is 62.2. The van der Waals surface area contributed by atoms with Crippen molar-refractivity contribution in [2.45, 2.75) is 12.5 Å². The highest BCUT2D eigenvalue weighted by atomic mass is 19.3. The minimum absolute atomic E-state index is 0.0432. The van der Waals surface area contributed by atoms with Gasteiger partial charge in [0.1, 0.15) is 12.6 Å². The highest BCUT2D eigenvalue weighted by Crippen LogP contribution is 2.34. The van der Waals surface area contributed by atoms with Crippen LogP contribution in [0.3, 0.4) is 0 Å². The van der Waals surface area contributed by atoms with E-state index in [1.165, 1.54) is 0 Å². The number of hydrogen-bond donors (Lipinski definition) is 0. The number of hydrogen-bond acceptors (Lipinski definition) is 5. The van der Waals surface area contributed by atoms with Crippen LogP contribution in [0.2, 0.25) is 0 Å². The lowest BCUT2D eigenvalue weighted by molar-refractivity contribution is 0.104. The highest BCUT2D eigenvalue weighted by molar-refractivity contribution is 6.01. The van der Waals surface area contributed by atoms with Gasteiger partial charge in [-0.15, -0.1) is 0 Å². The number of aromatic nitrogens is 1. The summed E-state index contributed by atoms with van der Waals surface area (Å²) in [6.07, 6.45) is -4.03. The van der Waals surface area contributed by atoms with Gasteiger partial charge in [0.25, 0.3) is 6.43 Å². The molecule has 1 unspecified atom stereocenters. The summed E-state index contributed by atoms with van der Waals surface area (Å²) in [7, 11) is 0. The van der Waals surface area contributed by atoms with Gasteiger partial charge in [0.05, 0.1) is 10.9 Å². The summed E-state index contributed by atoms with van der Waals surface area (Å²) in [6.45, 7) is -0.588. The van der Waals surface area contributed by atoms with Gasteiger partial charge in [-0.3, -0.25) is 4.79 Å². The first kappa shape index (κ1) is 14.3. The summed E-state index contributed by atoms with van der Waals surface area (Å²) in [5, 5.41) is 3.05. The lowest BCUT2D eigenvalue weighted by Gasteiger charge is -2.17. The van der Waals surface area contributed by atoms with E-state index in [9.17, 15) is 27.2 Å². The number of fused-ring (bicyclic) bond motifs is 1. The van der Waals surface area contributed by atoms with Crippen molar-refractivity contribution in [2.75, 3.05) is 11.5 Å². The number of halogens is 4. The van der Waals surface area contributed by atoms with Crippen LogP contribution in [0.25, 0.3) is 11.0 Å². The Morgan fingerprint density at radius 2 is 2.09 bits per heavy atom. The number of cyclic esters (lactones) is 1. The van der Waals surface area contributed by atoms with Crippen molar-refractivity contribution < 1.29 is 36.4 Å². The van der Waals surface area contributed by atoms with Crippen molar-refractivity contribution in [3.05, 3.63) is 23.3 Å². The van der Waals surface area contributed by atoms with E-state index >= 15 is 0 Å². The Labute approximate surface area is 119 Å². The molecule has 1 amide bonds. The summed E-state index contributed by atoms with van der Waals surface area (Å²) in [6, 6.07) is -0.783. The maximum atomic E-state index is 13.7. The first-order chi connectivity index (χ1) is 10.5. The number of carbonyl (C=O) groups excluding carboxylic acids is 2. The van der Waals surface area contributed by atoms with Crippen LogP contribution < -0.4 is 4.90 Å². The number of aldehydes is 1. The Hall–Kier alpha value is -2.65. The van der Waals surface area contributed by atoms with Gasteiger partial charge in [0.2, 0.25) is 11.4 Å². The molecule has 0 aliphatic carbocycles. The minimum Gasteiger partial charge on any atom is -0.447 e. The molecule has 0 bridgehead atoms. The molecule has 0 saturated carbocycles. The normalized spacial score (nSPS) is 18.3. The van der Waals surface area contributed by atoms with Crippen molar-refractivity contribution in [1.82, 2.24) is 5.16 Å². The third kappa shape index (κ3) is 1.90. The molecule has 0 N–H and O–H groups in total. The van der Waals surface area contributed by atoms with Gasteiger partial charge >= 0.3 is 6.09 Å². The second-order valence-corrected chi connectivity index (χ2v) is 4.44. The number of carbonyl (C=O) groups is 2. The number of amides is 1. The van der Waals surface area contributed by atoms with Crippen LogP contribution in [0, 0.1) is 11.6 Å². The zero-order chi connectivity index (χ0) is 16.0. The first-order valence-electron chi connectivity index (χ1n) is 5.92. The minimum atomic E-state index is -2.95. The fourth-order valence-electron chi connectivity index (χ4n) is 2.15. The first-order valence-corrected chi connectivity index (χ1v) is 5.92. The van der Waals surface area contributed by atoms with Crippen molar-refractivity contribution in [3.8, 4) is 0 Å². The van der Waals surface area contributed by atoms with Crippen molar-refractivity contribution >= 4 is 29.2 Å². The van der Waals surface area contributed by atoms with Crippen LogP contribution in [0.15, 0.2) is 10.6 Å². The number of anilines is 1. The molecule has 1 aliphatic rings. The number of rotatable bonds is 3. The van der Waals surface area contributed by atoms with Gasteiger partial charge in [-0.1, -0.05) is 5.16 Å². The molecule has 6 nitrogen and oxygen atoms in total. The Morgan fingerprint density at radius 1 is 1.36 bits per heavy atom. The Kier molecular flexibility index (Phi) is 3.23. The summed E-state index contributed by atoms with van der Waals surface area (Å²) >= 11 is 0. The van der Waals surface area contributed by atoms with E-state index in [1.54, 1.807) is 0 Å². The topological polar surface area (TPSA) is 72.6 Å². The molecule has 0 radical (unpaired) electrons. The molecular formula is C12H6F4N2O4. The van der Waals surface area contributed by atoms with Crippen LogP contribution >= 0.6 is 0 Å². The van der Waals surface area contributed by atoms with Crippen molar-refractivity contribution in [1.29, 1.82) is 0 Å². The van der Waals surface area contributed by atoms with Crippen LogP contribution in [0.5, 0.6) is 0 Å². The molecule has 2 heterocycles. The number of benzene rings is 1. The monoisotopic (exact) mass is 318 g/mol. The number of nitrogens with zero attached hydrogens (tertiary/aromatic N) is 2.